The fourth-order valence-corrected chi connectivity index (χ4v) is 5.43. The van der Waals surface area contributed by atoms with E-state index in [0.717, 1.165) is 28.8 Å². The van der Waals surface area contributed by atoms with Gasteiger partial charge in [0, 0.05) is 10.9 Å². The van der Waals surface area contributed by atoms with E-state index in [1.807, 2.05) is 16.8 Å². The van der Waals surface area contributed by atoms with Crippen LogP contribution in [0.25, 0.3) is 21.3 Å². The first-order chi connectivity index (χ1) is 13.7. The predicted octanol–water partition coefficient (Wildman–Crippen LogP) is 4.95. The average Bonchev–Trinajstić information content (AvgIpc) is 3.40. The van der Waals surface area contributed by atoms with E-state index in [2.05, 4.69) is 23.2 Å². The molecular formula is C22H18N2O2S2. The van der Waals surface area contributed by atoms with Crippen LogP contribution in [0.1, 0.15) is 33.6 Å². The maximum Gasteiger partial charge on any atom is 0.263 e. The van der Waals surface area contributed by atoms with Gasteiger partial charge in [-0.15, -0.1) is 22.7 Å². The van der Waals surface area contributed by atoms with Crippen molar-refractivity contribution in [1.82, 2.24) is 9.55 Å². The number of thiophene rings is 2. The zero-order chi connectivity index (χ0) is 19.1. The number of ketones is 1. The van der Waals surface area contributed by atoms with E-state index in [4.69, 9.17) is 0 Å². The van der Waals surface area contributed by atoms with Gasteiger partial charge in [-0.3, -0.25) is 14.2 Å². The molecule has 0 N–H and O–H groups in total. The van der Waals surface area contributed by atoms with E-state index in [1.54, 1.807) is 6.07 Å². The lowest BCUT2D eigenvalue weighted by atomic mass is 9.89. The second-order valence-corrected chi connectivity index (χ2v) is 8.90. The minimum Gasteiger partial charge on any atom is -0.291 e. The summed E-state index contributed by atoms with van der Waals surface area (Å²) in [6.45, 7) is 0.0156. The fraction of sp³-hybridized carbons (Fsp3) is 0.227. The van der Waals surface area contributed by atoms with E-state index in [9.17, 15) is 9.59 Å². The molecule has 6 heteroatoms. The second-order valence-electron chi connectivity index (χ2n) is 7.10. The van der Waals surface area contributed by atoms with Crippen molar-refractivity contribution in [2.75, 3.05) is 0 Å². The van der Waals surface area contributed by atoms with Crippen molar-refractivity contribution >= 4 is 38.7 Å². The molecule has 0 amide bonds. The molecule has 0 unspecified atom stereocenters. The molecule has 140 valence electrons. The van der Waals surface area contributed by atoms with Gasteiger partial charge in [-0.25, -0.2) is 4.98 Å². The number of hydrogen-bond acceptors (Lipinski definition) is 5. The number of carbonyl (C=O) groups excluding carboxylic acids is 1. The predicted molar refractivity (Wildman–Crippen MR) is 115 cm³/mol. The molecule has 1 aliphatic carbocycles. The Labute approximate surface area is 170 Å². The van der Waals surface area contributed by atoms with Crippen LogP contribution in [0, 0.1) is 0 Å². The average molecular weight is 407 g/mol. The van der Waals surface area contributed by atoms with Crippen LogP contribution in [0.2, 0.25) is 0 Å². The highest BCUT2D eigenvalue weighted by atomic mass is 32.1. The number of aromatic nitrogens is 2. The van der Waals surface area contributed by atoms with E-state index < -0.39 is 0 Å². The van der Waals surface area contributed by atoms with Gasteiger partial charge in [0.15, 0.2) is 5.78 Å². The van der Waals surface area contributed by atoms with Gasteiger partial charge in [0.1, 0.15) is 4.83 Å². The van der Waals surface area contributed by atoms with Gasteiger partial charge in [-0.05, 0) is 53.8 Å². The van der Waals surface area contributed by atoms with Gasteiger partial charge in [0.25, 0.3) is 5.56 Å². The Balaban J connectivity index is 1.57. The van der Waals surface area contributed by atoms with E-state index in [1.165, 1.54) is 57.5 Å². The molecule has 0 saturated carbocycles. The molecule has 0 bridgehead atoms. The molecule has 0 fully saturated rings. The maximum atomic E-state index is 13.2. The molecule has 3 aromatic heterocycles. The van der Waals surface area contributed by atoms with Crippen molar-refractivity contribution in [3.63, 3.8) is 0 Å². The molecule has 0 atom stereocenters. The van der Waals surface area contributed by atoms with Gasteiger partial charge in [-0.1, -0.05) is 24.3 Å². The van der Waals surface area contributed by atoms with Crippen LogP contribution in [0.15, 0.2) is 52.2 Å². The largest absolute Gasteiger partial charge is 0.291 e. The molecular weight excluding hydrogens is 388 g/mol. The van der Waals surface area contributed by atoms with E-state index >= 15 is 0 Å². The zero-order valence-electron chi connectivity index (χ0n) is 15.2. The standard InChI is InChI=1S/C22H18N2O2S2/c25-18(19-6-3-9-27-19)11-24-13-23-21-20(22(24)26)17(12-28-21)16-8-7-14-4-1-2-5-15(14)10-16/h3,6-10,12-13H,1-2,4-5,11H2. The van der Waals surface area contributed by atoms with Crippen LogP contribution >= 0.6 is 22.7 Å². The van der Waals surface area contributed by atoms with Gasteiger partial charge in [0.2, 0.25) is 0 Å². The summed E-state index contributed by atoms with van der Waals surface area (Å²) < 4.78 is 1.43. The third-order valence-corrected chi connectivity index (χ3v) is 7.13. The van der Waals surface area contributed by atoms with Gasteiger partial charge in [0.05, 0.1) is 23.1 Å². The van der Waals surface area contributed by atoms with Crippen LogP contribution < -0.4 is 5.56 Å². The van der Waals surface area contributed by atoms with Crippen molar-refractivity contribution in [2.45, 2.75) is 32.2 Å². The quantitative estimate of drug-likeness (QED) is 0.451. The number of fused-ring (bicyclic) bond motifs is 2. The Morgan fingerprint density at radius 2 is 1.96 bits per heavy atom. The normalized spacial score (nSPS) is 13.6. The monoisotopic (exact) mass is 406 g/mol. The van der Waals surface area contributed by atoms with E-state index in [0.29, 0.717) is 10.3 Å². The number of nitrogens with zero attached hydrogens (tertiary/aromatic N) is 2. The molecule has 1 aromatic carbocycles. The molecule has 3 heterocycles. The van der Waals surface area contributed by atoms with E-state index in [-0.39, 0.29) is 17.9 Å². The van der Waals surface area contributed by atoms with Crippen LogP contribution in [0.3, 0.4) is 0 Å². The second kappa shape index (κ2) is 7.11. The first-order valence-electron chi connectivity index (χ1n) is 9.36. The summed E-state index contributed by atoms with van der Waals surface area (Å²) in [7, 11) is 0. The molecule has 28 heavy (non-hydrogen) atoms. The number of carbonyl (C=O) groups is 1. The van der Waals surface area contributed by atoms with Crippen LogP contribution in [-0.4, -0.2) is 15.3 Å². The van der Waals surface area contributed by atoms with Crippen LogP contribution in [0.5, 0.6) is 0 Å². The van der Waals surface area contributed by atoms with Crippen LogP contribution in [0.4, 0.5) is 0 Å². The summed E-state index contributed by atoms with van der Waals surface area (Å²) in [4.78, 5) is 31.4. The lowest BCUT2D eigenvalue weighted by Crippen LogP contribution is -2.24. The zero-order valence-corrected chi connectivity index (χ0v) is 16.8. The lowest BCUT2D eigenvalue weighted by molar-refractivity contribution is 0.0974. The molecule has 1 aliphatic rings. The van der Waals surface area contributed by atoms with Crippen molar-refractivity contribution in [3.8, 4) is 11.1 Å². The first-order valence-corrected chi connectivity index (χ1v) is 11.1. The Morgan fingerprint density at radius 3 is 2.79 bits per heavy atom. The summed E-state index contributed by atoms with van der Waals surface area (Å²) in [5.41, 5.74) is 4.65. The van der Waals surface area contributed by atoms with Crippen molar-refractivity contribution in [2.24, 2.45) is 0 Å². The number of aryl methyl sites for hydroxylation is 2. The Bertz CT molecular complexity index is 1240. The first kappa shape index (κ1) is 17.5. The Kier molecular flexibility index (Phi) is 4.45. The molecule has 4 aromatic rings. The fourth-order valence-electron chi connectivity index (χ4n) is 3.86. The van der Waals surface area contributed by atoms with Gasteiger partial charge >= 0.3 is 0 Å². The highest BCUT2D eigenvalue weighted by molar-refractivity contribution is 7.17. The molecule has 5 rings (SSSR count). The SMILES string of the molecule is O=C(Cn1cnc2scc(-c3ccc4c(c3)CCCC4)c2c1=O)c1cccs1. The minimum atomic E-state index is -0.149. The number of benzene rings is 1. The topological polar surface area (TPSA) is 52.0 Å². The van der Waals surface area contributed by atoms with Gasteiger partial charge in [-0.2, -0.15) is 0 Å². The van der Waals surface area contributed by atoms with Crippen molar-refractivity contribution in [3.05, 3.63) is 73.8 Å². The molecule has 0 radical (unpaired) electrons. The smallest absolute Gasteiger partial charge is 0.263 e. The van der Waals surface area contributed by atoms with Gasteiger partial charge < -0.3 is 0 Å². The molecule has 0 saturated heterocycles. The number of rotatable bonds is 4. The molecule has 0 aliphatic heterocycles. The maximum absolute atomic E-state index is 13.2. The number of hydrogen-bond donors (Lipinski definition) is 0. The summed E-state index contributed by atoms with van der Waals surface area (Å²) >= 11 is 2.87. The highest BCUT2D eigenvalue weighted by Crippen LogP contribution is 2.33. The third kappa shape index (κ3) is 3.02. The summed E-state index contributed by atoms with van der Waals surface area (Å²) in [5, 5.41) is 4.49. The summed E-state index contributed by atoms with van der Waals surface area (Å²) in [6, 6.07) is 10.2. The summed E-state index contributed by atoms with van der Waals surface area (Å²) in [6.07, 6.45) is 6.20. The minimum absolute atomic E-state index is 0.0156. The Hall–Kier alpha value is -2.57. The van der Waals surface area contributed by atoms with Crippen LogP contribution in [-0.2, 0) is 19.4 Å². The summed E-state index contributed by atoms with van der Waals surface area (Å²) in [5.74, 6) is -0.0659. The van der Waals surface area contributed by atoms with Crippen molar-refractivity contribution in [1.29, 1.82) is 0 Å². The molecule has 0 spiro atoms. The number of Topliss-reactive ketones (excluding diaryl/α,β-unsaturated/α-hetero) is 1. The third-order valence-electron chi connectivity index (χ3n) is 5.33. The lowest BCUT2D eigenvalue weighted by Gasteiger charge is -2.16. The highest BCUT2D eigenvalue weighted by Gasteiger charge is 2.17. The Morgan fingerprint density at radius 1 is 1.11 bits per heavy atom. The molecule has 4 nitrogen and oxygen atoms in total. The van der Waals surface area contributed by atoms with Crippen molar-refractivity contribution < 1.29 is 4.79 Å².